The summed E-state index contributed by atoms with van der Waals surface area (Å²) >= 11 is 1.44. The fourth-order valence-corrected chi connectivity index (χ4v) is 5.33. The van der Waals surface area contributed by atoms with E-state index in [2.05, 4.69) is 6.58 Å². The van der Waals surface area contributed by atoms with E-state index in [1.165, 1.54) is 24.3 Å². The summed E-state index contributed by atoms with van der Waals surface area (Å²) in [5.74, 6) is 1.46. The summed E-state index contributed by atoms with van der Waals surface area (Å²) in [7, 11) is 0. The van der Waals surface area contributed by atoms with Gasteiger partial charge in [0.15, 0.2) is 5.78 Å². The Labute approximate surface area is 202 Å². The Hall–Kier alpha value is -2.80. The molecule has 1 heterocycles. The lowest BCUT2D eigenvalue weighted by Crippen LogP contribution is -2.08. The van der Waals surface area contributed by atoms with Crippen molar-refractivity contribution in [2.75, 3.05) is 13.2 Å². The molecule has 1 unspecified atom stereocenters. The van der Waals surface area contributed by atoms with Crippen molar-refractivity contribution in [1.82, 2.24) is 0 Å². The number of ketones is 1. The van der Waals surface area contributed by atoms with Crippen molar-refractivity contribution in [3.8, 4) is 11.5 Å². The average molecular weight is 491 g/mol. The second-order valence-corrected chi connectivity index (χ2v) is 9.50. The Balaban J connectivity index is 1.73. The number of rotatable bonds is 11. The molecule has 0 saturated heterocycles. The van der Waals surface area contributed by atoms with E-state index in [4.69, 9.17) is 9.47 Å². The molecular weight excluding hydrogens is 461 g/mol. The van der Waals surface area contributed by atoms with E-state index in [1.807, 2.05) is 32.1 Å². The molecule has 0 aliphatic carbocycles. The summed E-state index contributed by atoms with van der Waals surface area (Å²) in [5.41, 5.74) is 1.29. The van der Waals surface area contributed by atoms with Crippen LogP contribution in [0.2, 0.25) is 0 Å². The standard InChI is InChI=1S/C27H29F3O3S/c1-5-6-7-20(12-13-32-22-9-11-24(17(2)14-22)33-16-18(3)31)26-19(4)23-10-8-21(27(28,29)30)15-25(23)34-26/h5,8-11,14-15,20H,1,6-7,12-13,16H2,2-4H3. The molecule has 2 aromatic carbocycles. The van der Waals surface area contributed by atoms with Gasteiger partial charge >= 0.3 is 6.18 Å². The number of hydrogen-bond acceptors (Lipinski definition) is 4. The van der Waals surface area contributed by atoms with Gasteiger partial charge in [-0.1, -0.05) is 12.1 Å². The summed E-state index contributed by atoms with van der Waals surface area (Å²) in [6.45, 7) is 9.67. The lowest BCUT2D eigenvalue weighted by atomic mass is 9.94. The number of allylic oxidation sites excluding steroid dienone is 1. The number of hydrogen-bond donors (Lipinski definition) is 0. The number of aryl methyl sites for hydroxylation is 2. The molecule has 0 radical (unpaired) electrons. The molecule has 3 nitrogen and oxygen atoms in total. The number of alkyl halides is 3. The molecule has 3 aromatic rings. The van der Waals surface area contributed by atoms with Crippen molar-refractivity contribution in [1.29, 1.82) is 0 Å². The van der Waals surface area contributed by atoms with Crippen LogP contribution in [0.4, 0.5) is 13.2 Å². The Morgan fingerprint density at radius 3 is 2.53 bits per heavy atom. The fraction of sp³-hybridized carbons (Fsp3) is 0.370. The summed E-state index contributed by atoms with van der Waals surface area (Å²) in [4.78, 5) is 12.2. The van der Waals surface area contributed by atoms with Crippen LogP contribution in [0.15, 0.2) is 49.1 Å². The first kappa shape index (κ1) is 25.8. The van der Waals surface area contributed by atoms with E-state index < -0.39 is 11.7 Å². The Morgan fingerprint density at radius 2 is 1.88 bits per heavy atom. The molecule has 3 rings (SSSR count). The number of fused-ring (bicyclic) bond motifs is 1. The van der Waals surface area contributed by atoms with E-state index in [0.29, 0.717) is 22.8 Å². The van der Waals surface area contributed by atoms with Crippen molar-refractivity contribution in [3.05, 3.63) is 70.6 Å². The van der Waals surface area contributed by atoms with Crippen LogP contribution in [0.5, 0.6) is 11.5 Å². The first-order chi connectivity index (χ1) is 16.1. The third-order valence-corrected chi connectivity index (χ3v) is 7.12. The van der Waals surface area contributed by atoms with E-state index in [0.717, 1.165) is 46.7 Å². The van der Waals surface area contributed by atoms with Gasteiger partial charge in [-0.2, -0.15) is 13.2 Å². The highest BCUT2D eigenvalue weighted by Crippen LogP contribution is 2.41. The van der Waals surface area contributed by atoms with Crippen molar-refractivity contribution < 1.29 is 27.4 Å². The van der Waals surface area contributed by atoms with Crippen LogP contribution in [-0.2, 0) is 11.0 Å². The molecule has 182 valence electrons. The van der Waals surface area contributed by atoms with Crippen molar-refractivity contribution in [2.24, 2.45) is 0 Å². The van der Waals surface area contributed by atoms with E-state index in [1.54, 1.807) is 12.1 Å². The monoisotopic (exact) mass is 490 g/mol. The molecule has 0 bridgehead atoms. The van der Waals surface area contributed by atoms with Crippen LogP contribution >= 0.6 is 11.3 Å². The molecule has 34 heavy (non-hydrogen) atoms. The number of Topliss-reactive ketones (excluding diaryl/α,β-unsaturated/α-hetero) is 1. The lowest BCUT2D eigenvalue weighted by Gasteiger charge is -2.17. The van der Waals surface area contributed by atoms with Crippen LogP contribution in [-0.4, -0.2) is 19.0 Å². The van der Waals surface area contributed by atoms with Gasteiger partial charge in [0, 0.05) is 9.58 Å². The first-order valence-corrected chi connectivity index (χ1v) is 12.0. The van der Waals surface area contributed by atoms with Crippen LogP contribution < -0.4 is 9.47 Å². The molecule has 0 fully saturated rings. The SMILES string of the molecule is C=CCCC(CCOc1ccc(OCC(C)=O)c(C)c1)c1sc2cc(C(F)(F)F)ccc2c1C. The van der Waals surface area contributed by atoms with Gasteiger partial charge < -0.3 is 9.47 Å². The number of thiophene rings is 1. The van der Waals surface area contributed by atoms with Gasteiger partial charge in [0.1, 0.15) is 18.1 Å². The van der Waals surface area contributed by atoms with Gasteiger partial charge in [-0.25, -0.2) is 0 Å². The van der Waals surface area contributed by atoms with Gasteiger partial charge in [-0.05, 0) is 92.8 Å². The maximum Gasteiger partial charge on any atom is 0.416 e. The minimum atomic E-state index is -4.35. The largest absolute Gasteiger partial charge is 0.494 e. The molecule has 1 aromatic heterocycles. The third kappa shape index (κ3) is 6.41. The van der Waals surface area contributed by atoms with E-state index in [-0.39, 0.29) is 18.3 Å². The van der Waals surface area contributed by atoms with Crippen LogP contribution in [0.3, 0.4) is 0 Å². The molecule has 0 amide bonds. The third-order valence-electron chi connectivity index (χ3n) is 5.70. The molecule has 0 aliphatic heterocycles. The molecule has 0 saturated carbocycles. The minimum absolute atomic E-state index is 0.0327. The number of benzene rings is 2. The maximum absolute atomic E-state index is 13.2. The Kier molecular flexibility index (Phi) is 8.42. The second kappa shape index (κ2) is 11.1. The van der Waals surface area contributed by atoms with E-state index >= 15 is 0 Å². The predicted octanol–water partition coefficient (Wildman–Crippen LogP) is 8.02. The van der Waals surface area contributed by atoms with Crippen molar-refractivity contribution >= 4 is 27.2 Å². The predicted molar refractivity (Wildman–Crippen MR) is 131 cm³/mol. The molecule has 7 heteroatoms. The zero-order valence-corrected chi connectivity index (χ0v) is 20.4. The highest BCUT2D eigenvalue weighted by atomic mass is 32.1. The summed E-state index contributed by atoms with van der Waals surface area (Å²) in [6.07, 6.45) is -0.0965. The number of halogens is 3. The Morgan fingerprint density at radius 1 is 1.12 bits per heavy atom. The highest BCUT2D eigenvalue weighted by Gasteiger charge is 2.31. The van der Waals surface area contributed by atoms with Crippen molar-refractivity contribution in [2.45, 2.75) is 52.1 Å². The zero-order valence-electron chi connectivity index (χ0n) is 19.6. The van der Waals surface area contributed by atoms with Crippen LogP contribution in [0, 0.1) is 13.8 Å². The zero-order chi connectivity index (χ0) is 24.9. The topological polar surface area (TPSA) is 35.5 Å². The summed E-state index contributed by atoms with van der Waals surface area (Å²) in [5, 5.41) is 0.870. The van der Waals surface area contributed by atoms with Gasteiger partial charge in [0.25, 0.3) is 0 Å². The van der Waals surface area contributed by atoms with E-state index in [9.17, 15) is 18.0 Å². The van der Waals surface area contributed by atoms with Gasteiger partial charge in [-0.15, -0.1) is 17.9 Å². The molecule has 0 N–H and O–H groups in total. The normalized spacial score (nSPS) is 12.5. The number of carbonyl (C=O) groups excluding carboxylic acids is 1. The quantitative estimate of drug-likeness (QED) is 0.255. The minimum Gasteiger partial charge on any atom is -0.494 e. The molecule has 0 aliphatic rings. The summed E-state index contributed by atoms with van der Waals surface area (Å²) in [6, 6.07) is 9.45. The molecule has 0 spiro atoms. The fourth-order valence-electron chi connectivity index (χ4n) is 3.91. The number of ether oxygens (including phenoxy) is 2. The average Bonchev–Trinajstić information content (AvgIpc) is 3.10. The molecule has 1 atom stereocenters. The maximum atomic E-state index is 13.2. The first-order valence-electron chi connectivity index (χ1n) is 11.2. The smallest absolute Gasteiger partial charge is 0.416 e. The van der Waals surface area contributed by atoms with Crippen LogP contribution in [0.1, 0.15) is 53.7 Å². The molecular formula is C27H29F3O3S. The van der Waals surface area contributed by atoms with Gasteiger partial charge in [0.05, 0.1) is 12.2 Å². The number of carbonyl (C=O) groups is 1. The highest BCUT2D eigenvalue weighted by molar-refractivity contribution is 7.19. The van der Waals surface area contributed by atoms with Crippen molar-refractivity contribution in [3.63, 3.8) is 0 Å². The second-order valence-electron chi connectivity index (χ2n) is 8.42. The van der Waals surface area contributed by atoms with Gasteiger partial charge in [0.2, 0.25) is 0 Å². The van der Waals surface area contributed by atoms with Crippen LogP contribution in [0.25, 0.3) is 10.1 Å². The van der Waals surface area contributed by atoms with Gasteiger partial charge in [-0.3, -0.25) is 4.79 Å². The Bertz CT molecular complexity index is 1160. The lowest BCUT2D eigenvalue weighted by molar-refractivity contribution is -0.137. The summed E-state index contributed by atoms with van der Waals surface area (Å²) < 4.78 is 51.6.